The molecule has 0 radical (unpaired) electrons. The van der Waals surface area contributed by atoms with Gasteiger partial charge in [-0.1, -0.05) is 19.3 Å². The third-order valence-corrected chi connectivity index (χ3v) is 10.1. The lowest BCUT2D eigenvalue weighted by molar-refractivity contribution is -0.125. The Hall–Kier alpha value is -1.01. The Balaban J connectivity index is 1.37. The lowest BCUT2D eigenvalue weighted by Crippen LogP contribution is -2.52. The molecule has 4 aliphatic rings. The topological polar surface area (TPSA) is 118 Å². The third kappa shape index (κ3) is 6.56. The van der Waals surface area contributed by atoms with E-state index >= 15 is 0 Å². The predicted octanol–water partition coefficient (Wildman–Crippen LogP) is 1.77. The van der Waals surface area contributed by atoms with Crippen molar-refractivity contribution in [3.63, 3.8) is 0 Å². The van der Waals surface area contributed by atoms with Crippen LogP contribution in [0.3, 0.4) is 0 Å². The van der Waals surface area contributed by atoms with Crippen LogP contribution in [0.2, 0.25) is 0 Å². The number of rotatable bonds is 7. The fraction of sp³-hybridized carbons (Fsp3) is 0.864. The van der Waals surface area contributed by atoms with Gasteiger partial charge in [-0.05, 0) is 44.6 Å². The first kappa shape index (κ1) is 25.1. The van der Waals surface area contributed by atoms with Crippen molar-refractivity contribution in [2.24, 2.45) is 11.8 Å². The number of carbonyl (C=O) groups is 3. The maximum Gasteiger partial charge on any atom is 0.413 e. The van der Waals surface area contributed by atoms with E-state index in [1.54, 1.807) is 23.5 Å². The summed E-state index contributed by atoms with van der Waals surface area (Å²) in [7, 11) is 1.52. The highest BCUT2D eigenvalue weighted by Gasteiger charge is 2.46. The minimum Gasteiger partial charge on any atom is -0.447 e. The van der Waals surface area contributed by atoms with Gasteiger partial charge in [0, 0.05) is 17.6 Å². The van der Waals surface area contributed by atoms with Crippen LogP contribution in [-0.4, -0.2) is 72.2 Å². The van der Waals surface area contributed by atoms with Crippen molar-refractivity contribution < 1.29 is 23.9 Å². The fourth-order valence-corrected chi connectivity index (χ4v) is 8.45. The molecular formula is C22H36N4O5S2. The van der Waals surface area contributed by atoms with E-state index < -0.39 is 12.0 Å². The quantitative estimate of drug-likeness (QED) is 0.388. The Labute approximate surface area is 204 Å². The molecule has 11 heteroatoms. The Morgan fingerprint density at radius 2 is 1.79 bits per heavy atom. The van der Waals surface area contributed by atoms with Crippen LogP contribution in [-0.2, 0) is 19.1 Å². The van der Waals surface area contributed by atoms with Gasteiger partial charge in [0.05, 0.1) is 24.1 Å². The molecule has 3 aliphatic heterocycles. The van der Waals surface area contributed by atoms with Crippen LogP contribution >= 0.6 is 23.5 Å². The molecule has 4 rings (SSSR count). The van der Waals surface area contributed by atoms with Crippen LogP contribution in [0.15, 0.2) is 0 Å². The summed E-state index contributed by atoms with van der Waals surface area (Å²) in [4.78, 5) is 38.1. The molecular weight excluding hydrogens is 464 g/mol. The maximum absolute atomic E-state index is 13.1. The van der Waals surface area contributed by atoms with Crippen LogP contribution in [0, 0.1) is 11.8 Å². The van der Waals surface area contributed by atoms with Gasteiger partial charge < -0.3 is 20.1 Å². The number of ether oxygens (including phenoxy) is 2. The second kappa shape index (κ2) is 12.1. The summed E-state index contributed by atoms with van der Waals surface area (Å²) in [5.74, 6) is -0.373. The van der Waals surface area contributed by atoms with Gasteiger partial charge in [0.25, 0.3) is 0 Å². The standard InChI is InChI=1S/C22H36N4O5S2/c1-30-10-11-31-22(29)26-18(27)14-12-16(13-6-3-2-4-7-13)33-20(14)25-19(28)21-24-17-15(32-21)8-5-9-23-17/h13-17,20-21,23-24H,2-12H2,1H3,(H,25,28)(H,26,27,29). The van der Waals surface area contributed by atoms with E-state index in [0.717, 1.165) is 19.4 Å². The van der Waals surface area contributed by atoms with Gasteiger partial charge in [0.1, 0.15) is 12.0 Å². The molecule has 33 heavy (non-hydrogen) atoms. The van der Waals surface area contributed by atoms with Crippen molar-refractivity contribution in [2.45, 2.75) is 78.8 Å². The van der Waals surface area contributed by atoms with Gasteiger partial charge in [-0.3, -0.25) is 20.2 Å². The second-order valence-electron chi connectivity index (χ2n) is 9.26. The molecule has 186 valence electrons. The van der Waals surface area contributed by atoms with E-state index in [0.29, 0.717) is 22.8 Å². The summed E-state index contributed by atoms with van der Waals surface area (Å²) < 4.78 is 9.87. The number of fused-ring (bicyclic) bond motifs is 1. The minimum atomic E-state index is -0.767. The first-order valence-corrected chi connectivity index (χ1v) is 14.0. The van der Waals surface area contributed by atoms with Crippen molar-refractivity contribution in [3.8, 4) is 0 Å². The molecule has 4 N–H and O–H groups in total. The molecule has 6 atom stereocenters. The molecule has 1 saturated carbocycles. The zero-order valence-electron chi connectivity index (χ0n) is 19.2. The van der Waals surface area contributed by atoms with Crippen molar-refractivity contribution in [1.29, 1.82) is 0 Å². The highest BCUT2D eigenvalue weighted by atomic mass is 32.2. The monoisotopic (exact) mass is 500 g/mol. The van der Waals surface area contributed by atoms with Crippen LogP contribution in [0.4, 0.5) is 4.79 Å². The van der Waals surface area contributed by atoms with Gasteiger partial charge in [0.2, 0.25) is 11.8 Å². The van der Waals surface area contributed by atoms with Crippen LogP contribution in [0.1, 0.15) is 51.4 Å². The van der Waals surface area contributed by atoms with E-state index in [1.807, 2.05) is 0 Å². The molecule has 0 spiro atoms. The zero-order chi connectivity index (χ0) is 23.2. The smallest absolute Gasteiger partial charge is 0.413 e. The Kier molecular flexibility index (Phi) is 9.20. The van der Waals surface area contributed by atoms with Gasteiger partial charge >= 0.3 is 6.09 Å². The number of imide groups is 1. The van der Waals surface area contributed by atoms with E-state index in [9.17, 15) is 14.4 Å². The SMILES string of the molecule is COCCOC(=O)NC(=O)C1CC(C2CCCCC2)SC1NC(=O)C1NC2NCCCC2S1. The van der Waals surface area contributed by atoms with Crippen LogP contribution in [0.25, 0.3) is 0 Å². The van der Waals surface area contributed by atoms with Crippen LogP contribution in [0.5, 0.6) is 0 Å². The number of alkyl carbamates (subject to hydrolysis) is 1. The summed E-state index contributed by atoms with van der Waals surface area (Å²) >= 11 is 3.36. The molecule has 3 heterocycles. The summed E-state index contributed by atoms with van der Waals surface area (Å²) in [5.41, 5.74) is 0. The van der Waals surface area contributed by atoms with Gasteiger partial charge in [0.15, 0.2) is 0 Å². The van der Waals surface area contributed by atoms with Gasteiger partial charge in [-0.25, -0.2) is 4.79 Å². The van der Waals surface area contributed by atoms with Crippen molar-refractivity contribution >= 4 is 41.4 Å². The molecule has 4 fully saturated rings. The number of nitrogens with one attached hydrogen (secondary N) is 4. The second-order valence-corrected chi connectivity index (χ2v) is 12.0. The molecule has 0 bridgehead atoms. The normalized spacial score (nSPS) is 34.5. The molecule has 0 aromatic carbocycles. The van der Waals surface area contributed by atoms with E-state index in [4.69, 9.17) is 9.47 Å². The summed E-state index contributed by atoms with van der Waals surface area (Å²) in [6, 6.07) is 0. The summed E-state index contributed by atoms with van der Waals surface area (Å²) in [5, 5.41) is 12.3. The van der Waals surface area contributed by atoms with Crippen molar-refractivity contribution in [2.75, 3.05) is 26.9 Å². The number of thioether (sulfide) groups is 2. The molecule has 0 aromatic heterocycles. The van der Waals surface area contributed by atoms with Gasteiger partial charge in [-0.15, -0.1) is 23.5 Å². The molecule has 6 unspecified atom stereocenters. The van der Waals surface area contributed by atoms with Crippen LogP contribution < -0.4 is 21.3 Å². The minimum absolute atomic E-state index is 0.0842. The maximum atomic E-state index is 13.1. The number of methoxy groups -OCH3 is 1. The Morgan fingerprint density at radius 3 is 2.55 bits per heavy atom. The molecule has 0 aromatic rings. The largest absolute Gasteiger partial charge is 0.447 e. The third-order valence-electron chi connectivity index (χ3n) is 7.00. The fourth-order valence-electron chi connectivity index (χ4n) is 5.25. The van der Waals surface area contributed by atoms with E-state index in [-0.39, 0.29) is 41.9 Å². The van der Waals surface area contributed by atoms with Crippen molar-refractivity contribution in [3.05, 3.63) is 0 Å². The number of piperidine rings is 1. The molecule has 1 aliphatic carbocycles. The van der Waals surface area contributed by atoms with E-state index in [2.05, 4.69) is 21.3 Å². The Morgan fingerprint density at radius 1 is 0.970 bits per heavy atom. The predicted molar refractivity (Wildman–Crippen MR) is 129 cm³/mol. The lowest BCUT2D eigenvalue weighted by atomic mass is 9.84. The average Bonchev–Trinajstić information content (AvgIpc) is 3.44. The highest BCUT2D eigenvalue weighted by molar-refractivity contribution is 8.01. The first-order valence-electron chi connectivity index (χ1n) is 12.1. The molecule has 9 nitrogen and oxygen atoms in total. The lowest BCUT2D eigenvalue weighted by Gasteiger charge is -2.27. The van der Waals surface area contributed by atoms with E-state index in [1.165, 1.54) is 39.2 Å². The number of amides is 3. The number of hydrogen-bond acceptors (Lipinski definition) is 9. The number of hydrogen-bond donors (Lipinski definition) is 4. The van der Waals surface area contributed by atoms with Gasteiger partial charge in [-0.2, -0.15) is 0 Å². The Bertz CT molecular complexity index is 694. The highest BCUT2D eigenvalue weighted by Crippen LogP contribution is 2.45. The first-order chi connectivity index (χ1) is 16.0. The zero-order valence-corrected chi connectivity index (χ0v) is 20.8. The summed E-state index contributed by atoms with van der Waals surface area (Å²) in [6.07, 6.45) is 8.32. The average molecular weight is 501 g/mol. The summed E-state index contributed by atoms with van der Waals surface area (Å²) in [6.45, 7) is 1.32. The number of carbonyl (C=O) groups excluding carboxylic acids is 3. The molecule has 3 saturated heterocycles. The molecule has 3 amide bonds. The van der Waals surface area contributed by atoms with Crippen molar-refractivity contribution in [1.82, 2.24) is 21.3 Å².